The third kappa shape index (κ3) is 9.35. The van der Waals surface area contributed by atoms with Crippen molar-refractivity contribution in [1.29, 1.82) is 0 Å². The van der Waals surface area contributed by atoms with Crippen LogP contribution in [0.2, 0.25) is 0 Å². The molecule has 0 radical (unpaired) electrons. The van der Waals surface area contributed by atoms with Crippen molar-refractivity contribution in [2.45, 2.75) is 53.1 Å². The number of hydrogen-bond donors (Lipinski definition) is 1. The van der Waals surface area contributed by atoms with Crippen LogP contribution in [-0.2, 0) is 19.1 Å². The molecule has 0 fully saturated rings. The van der Waals surface area contributed by atoms with Gasteiger partial charge in [-0.2, -0.15) is 0 Å². The van der Waals surface area contributed by atoms with Gasteiger partial charge in [-0.25, -0.2) is 4.79 Å². The van der Waals surface area contributed by atoms with Crippen LogP contribution < -0.4 is 5.32 Å². The lowest BCUT2D eigenvalue weighted by Gasteiger charge is -2.23. The topological polar surface area (TPSA) is 81.7 Å². The summed E-state index contributed by atoms with van der Waals surface area (Å²) in [6.07, 6.45) is -0.295. The molecule has 6 nitrogen and oxygen atoms in total. The Kier molecular flexibility index (Phi) is 6.68. The monoisotopic (exact) mass is 287 g/mol. The first-order valence-electron chi connectivity index (χ1n) is 6.50. The molecular weight excluding hydrogens is 262 g/mol. The molecule has 6 heteroatoms. The Morgan fingerprint density at radius 3 is 2.00 bits per heavy atom. The summed E-state index contributed by atoms with van der Waals surface area (Å²) in [6, 6.07) is 0. The van der Waals surface area contributed by atoms with Crippen LogP contribution >= 0.6 is 0 Å². The molecule has 0 aromatic heterocycles. The smallest absolute Gasteiger partial charge is 0.408 e. The van der Waals surface area contributed by atoms with Gasteiger partial charge in [-0.1, -0.05) is 13.8 Å². The summed E-state index contributed by atoms with van der Waals surface area (Å²) in [7, 11) is 1.31. The minimum atomic E-state index is -0.628. The zero-order chi connectivity index (χ0) is 16.0. The van der Waals surface area contributed by atoms with Gasteiger partial charge in [0.15, 0.2) is 5.78 Å². The van der Waals surface area contributed by atoms with Crippen molar-refractivity contribution in [1.82, 2.24) is 5.32 Å². The van der Waals surface area contributed by atoms with Gasteiger partial charge in [0.05, 0.1) is 20.1 Å². The zero-order valence-corrected chi connectivity index (χ0v) is 13.2. The number of ketones is 1. The van der Waals surface area contributed by atoms with Gasteiger partial charge in [-0.3, -0.25) is 9.59 Å². The molecule has 1 N–H and O–H groups in total. The summed E-state index contributed by atoms with van der Waals surface area (Å²) < 4.78 is 9.60. The van der Waals surface area contributed by atoms with E-state index < -0.39 is 17.1 Å². The van der Waals surface area contributed by atoms with E-state index in [1.54, 1.807) is 34.6 Å². The Hall–Kier alpha value is -1.59. The van der Waals surface area contributed by atoms with E-state index in [1.807, 2.05) is 0 Å². The van der Waals surface area contributed by atoms with E-state index in [9.17, 15) is 14.4 Å². The molecule has 116 valence electrons. The fraction of sp³-hybridized carbons (Fsp3) is 0.786. The highest BCUT2D eigenvalue weighted by Crippen LogP contribution is 2.25. The minimum absolute atomic E-state index is 0.112. The van der Waals surface area contributed by atoms with E-state index in [0.717, 1.165) is 0 Å². The Morgan fingerprint density at radius 1 is 1.00 bits per heavy atom. The average molecular weight is 287 g/mol. The van der Waals surface area contributed by atoms with E-state index >= 15 is 0 Å². The fourth-order valence-corrected chi connectivity index (χ4v) is 1.61. The molecule has 0 aromatic rings. The number of esters is 1. The second-order valence-electron chi connectivity index (χ2n) is 6.49. The molecule has 0 heterocycles. The molecule has 0 saturated carbocycles. The van der Waals surface area contributed by atoms with Crippen LogP contribution in [0, 0.1) is 5.41 Å². The number of rotatable bonds is 6. The molecule has 0 spiro atoms. The summed E-state index contributed by atoms with van der Waals surface area (Å²) in [5.41, 5.74) is -1.10. The van der Waals surface area contributed by atoms with Gasteiger partial charge in [-0.15, -0.1) is 0 Å². The van der Waals surface area contributed by atoms with Gasteiger partial charge < -0.3 is 14.8 Å². The summed E-state index contributed by atoms with van der Waals surface area (Å²) in [4.78, 5) is 34.4. The summed E-state index contributed by atoms with van der Waals surface area (Å²) in [6.45, 7) is 8.72. The van der Waals surface area contributed by atoms with E-state index in [0.29, 0.717) is 0 Å². The molecule has 0 atom stereocenters. The number of methoxy groups -OCH3 is 1. The third-order valence-electron chi connectivity index (χ3n) is 2.36. The quantitative estimate of drug-likeness (QED) is 0.756. The van der Waals surface area contributed by atoms with Crippen molar-refractivity contribution in [3.05, 3.63) is 0 Å². The van der Waals surface area contributed by atoms with Crippen molar-refractivity contribution in [2.24, 2.45) is 5.41 Å². The standard InChI is InChI=1S/C14H25NO5/c1-13(2,3)20-12(18)15-9-10(16)7-14(4,5)8-11(17)19-6/h7-9H2,1-6H3,(H,15,18). The van der Waals surface area contributed by atoms with Crippen molar-refractivity contribution >= 4 is 17.8 Å². The molecule has 0 aliphatic rings. The first kappa shape index (κ1) is 18.4. The number of Topliss-reactive ketones (excluding diaryl/α,β-unsaturated/α-hetero) is 1. The number of ether oxygens (including phenoxy) is 2. The Morgan fingerprint density at radius 2 is 1.55 bits per heavy atom. The average Bonchev–Trinajstić information content (AvgIpc) is 2.22. The number of carbonyl (C=O) groups excluding carboxylic acids is 3. The predicted molar refractivity (Wildman–Crippen MR) is 74.3 cm³/mol. The molecule has 0 aliphatic heterocycles. The van der Waals surface area contributed by atoms with Crippen LogP contribution in [0.25, 0.3) is 0 Å². The first-order chi connectivity index (χ1) is 8.95. The van der Waals surface area contributed by atoms with Gasteiger partial charge in [0.25, 0.3) is 0 Å². The lowest BCUT2D eigenvalue weighted by Crippen LogP contribution is -2.36. The number of carbonyl (C=O) groups is 3. The van der Waals surface area contributed by atoms with Crippen molar-refractivity contribution in [2.75, 3.05) is 13.7 Å². The molecule has 0 bridgehead atoms. The van der Waals surface area contributed by atoms with Crippen LogP contribution in [0.3, 0.4) is 0 Å². The van der Waals surface area contributed by atoms with Gasteiger partial charge >= 0.3 is 12.1 Å². The van der Waals surface area contributed by atoms with Gasteiger partial charge in [0.2, 0.25) is 0 Å². The second kappa shape index (κ2) is 7.26. The maximum atomic E-state index is 11.8. The molecule has 0 aromatic carbocycles. The summed E-state index contributed by atoms with van der Waals surface area (Å²) in [5, 5.41) is 2.40. The number of alkyl carbamates (subject to hydrolysis) is 1. The minimum Gasteiger partial charge on any atom is -0.469 e. The largest absolute Gasteiger partial charge is 0.469 e. The Labute approximate surface area is 120 Å². The van der Waals surface area contributed by atoms with Crippen molar-refractivity contribution in [3.63, 3.8) is 0 Å². The van der Waals surface area contributed by atoms with Gasteiger partial charge in [0, 0.05) is 6.42 Å². The number of hydrogen-bond acceptors (Lipinski definition) is 5. The maximum Gasteiger partial charge on any atom is 0.408 e. The molecule has 20 heavy (non-hydrogen) atoms. The third-order valence-corrected chi connectivity index (χ3v) is 2.36. The second-order valence-corrected chi connectivity index (χ2v) is 6.49. The highest BCUT2D eigenvalue weighted by atomic mass is 16.6. The zero-order valence-electron chi connectivity index (χ0n) is 13.2. The van der Waals surface area contributed by atoms with Crippen LogP contribution in [0.15, 0.2) is 0 Å². The van der Waals surface area contributed by atoms with Crippen molar-refractivity contribution in [3.8, 4) is 0 Å². The Bertz CT molecular complexity index is 368. The molecular formula is C14H25NO5. The van der Waals surface area contributed by atoms with E-state index in [4.69, 9.17) is 4.74 Å². The summed E-state index contributed by atoms with van der Waals surface area (Å²) >= 11 is 0. The van der Waals surface area contributed by atoms with Crippen LogP contribution in [0.4, 0.5) is 4.79 Å². The first-order valence-corrected chi connectivity index (χ1v) is 6.50. The van der Waals surface area contributed by atoms with Crippen LogP contribution in [0.5, 0.6) is 0 Å². The highest BCUT2D eigenvalue weighted by molar-refractivity contribution is 5.85. The van der Waals surface area contributed by atoms with Gasteiger partial charge in [0.1, 0.15) is 5.60 Å². The van der Waals surface area contributed by atoms with E-state index in [-0.39, 0.29) is 31.1 Å². The Balaban J connectivity index is 4.17. The van der Waals surface area contributed by atoms with E-state index in [1.165, 1.54) is 7.11 Å². The molecule has 0 rings (SSSR count). The molecule has 1 amide bonds. The predicted octanol–water partition coefficient (Wildman–Crippen LogP) is 2.06. The van der Waals surface area contributed by atoms with Crippen LogP contribution in [-0.4, -0.2) is 37.1 Å². The van der Waals surface area contributed by atoms with E-state index in [2.05, 4.69) is 10.1 Å². The van der Waals surface area contributed by atoms with Crippen LogP contribution in [0.1, 0.15) is 47.5 Å². The molecule has 0 aliphatic carbocycles. The number of nitrogens with one attached hydrogen (secondary N) is 1. The molecule has 0 saturated heterocycles. The maximum absolute atomic E-state index is 11.8. The lowest BCUT2D eigenvalue weighted by molar-refractivity contribution is -0.143. The SMILES string of the molecule is COC(=O)CC(C)(C)CC(=O)CNC(=O)OC(C)(C)C. The lowest BCUT2D eigenvalue weighted by atomic mass is 9.84. The van der Waals surface area contributed by atoms with Crippen molar-refractivity contribution < 1.29 is 23.9 Å². The fourth-order valence-electron chi connectivity index (χ4n) is 1.61. The summed E-state index contributed by atoms with van der Waals surface area (Å²) in [5.74, 6) is -0.521. The van der Waals surface area contributed by atoms with Gasteiger partial charge in [-0.05, 0) is 26.2 Å². The highest BCUT2D eigenvalue weighted by Gasteiger charge is 2.26. The number of amides is 1. The normalized spacial score (nSPS) is 11.7. The molecule has 0 unspecified atom stereocenters.